The Labute approximate surface area is 725 Å². The first kappa shape index (κ1) is 113. The van der Waals surface area contributed by atoms with Crippen molar-refractivity contribution < 1.29 is 143 Å². The summed E-state index contributed by atoms with van der Waals surface area (Å²) >= 11 is 0. The Morgan fingerprint density at radius 3 is 0.711 bits per heavy atom. The van der Waals surface area contributed by atoms with Crippen molar-refractivity contribution in [1.29, 1.82) is 0 Å². The van der Waals surface area contributed by atoms with E-state index in [-0.39, 0.29) is 32.1 Å². The lowest BCUT2D eigenvalue weighted by Crippen LogP contribution is -2.48. The summed E-state index contributed by atoms with van der Waals surface area (Å²) < 4.78 is 145. The second kappa shape index (κ2) is 95.0. The van der Waals surface area contributed by atoms with Gasteiger partial charge in [0, 0.05) is 13.2 Å². The van der Waals surface area contributed by atoms with E-state index in [1.54, 1.807) is 0 Å². The zero-order valence-electron chi connectivity index (χ0n) is 74.2. The molecule has 31 heteroatoms. The van der Waals surface area contributed by atoms with E-state index in [9.17, 15) is 14.4 Å². The Morgan fingerprint density at radius 1 is 0.248 bits per heavy atom. The van der Waals surface area contributed by atoms with Crippen LogP contribution in [0.15, 0.2) is 60.7 Å². The first-order valence-electron chi connectivity index (χ1n) is 45.2. The van der Waals surface area contributed by atoms with Gasteiger partial charge in [0.2, 0.25) is 5.91 Å². The highest BCUT2D eigenvalue weighted by Gasteiger charge is 2.46. The van der Waals surface area contributed by atoms with E-state index in [0.29, 0.717) is 330 Å². The van der Waals surface area contributed by atoms with Crippen LogP contribution in [0.2, 0.25) is 0 Å². The van der Waals surface area contributed by atoms with Crippen molar-refractivity contribution in [2.75, 3.05) is 330 Å². The zero-order valence-corrected chi connectivity index (χ0v) is 74.2. The maximum atomic E-state index is 14.4. The fourth-order valence-electron chi connectivity index (χ4n) is 11.6. The number of hydrogen-bond donors (Lipinski definition) is 2. The number of rotatable bonds is 103. The highest BCUT2D eigenvalue weighted by atomic mass is 16.6. The SMILES string of the molecule is CCCCCCCCCCCC(CCCCCCCCCCCOCc1ccccc1)(C(=O)NCCOCCOCCOCCOCCOCCOCCOCCOCCOCCOCCOCCOCCOCCOCCOCCOCCOCCOCCOCCOCCOCCOCCOCCOCCC(=O)O)C(=O)OCc1ccccc1. The minimum atomic E-state index is -1.26. The highest BCUT2D eigenvalue weighted by molar-refractivity contribution is 6.02. The Kier molecular flexibility index (Phi) is 88.6. The van der Waals surface area contributed by atoms with E-state index in [1.165, 1.54) is 69.8 Å². The van der Waals surface area contributed by atoms with Crippen molar-refractivity contribution >= 4 is 17.8 Å². The summed E-state index contributed by atoms with van der Waals surface area (Å²) in [6.07, 6.45) is 21.1. The number of hydrogen-bond acceptors (Lipinski definition) is 29. The van der Waals surface area contributed by atoms with E-state index in [1.807, 2.05) is 48.5 Å². The molecule has 1 atom stereocenters. The number of amides is 1. The summed E-state index contributed by atoms with van der Waals surface area (Å²) in [6, 6.07) is 20.0. The molecule has 0 fully saturated rings. The summed E-state index contributed by atoms with van der Waals surface area (Å²) in [7, 11) is 0. The maximum absolute atomic E-state index is 14.4. The molecule has 0 aliphatic carbocycles. The summed E-state index contributed by atoms with van der Waals surface area (Å²) in [5, 5.41) is 11.6. The number of unbranched alkanes of at least 4 members (excludes halogenated alkanes) is 16. The fraction of sp³-hybridized carbons (Fsp3) is 0.833. The van der Waals surface area contributed by atoms with E-state index < -0.39 is 17.4 Å². The number of carboxylic acid groups (broad SMARTS) is 1. The van der Waals surface area contributed by atoms with Gasteiger partial charge >= 0.3 is 11.9 Å². The van der Waals surface area contributed by atoms with Gasteiger partial charge in [-0.3, -0.25) is 14.4 Å². The van der Waals surface area contributed by atoms with E-state index in [4.69, 9.17) is 128 Å². The van der Waals surface area contributed by atoms with Crippen LogP contribution in [0.5, 0.6) is 0 Å². The van der Waals surface area contributed by atoms with E-state index >= 15 is 0 Å². The second-order valence-corrected chi connectivity index (χ2v) is 28.3. The normalized spacial score (nSPS) is 12.1. The van der Waals surface area contributed by atoms with Crippen LogP contribution >= 0.6 is 0 Å². The molecule has 0 heterocycles. The fourth-order valence-corrected chi connectivity index (χ4v) is 11.6. The summed E-state index contributed by atoms with van der Waals surface area (Å²) in [5.74, 6) is -1.57. The third-order valence-corrected chi connectivity index (χ3v) is 18.3. The molecule has 0 aliphatic heterocycles. The monoisotopic (exact) mass is 1740 g/mol. The van der Waals surface area contributed by atoms with Crippen molar-refractivity contribution in [3.8, 4) is 0 Å². The Morgan fingerprint density at radius 2 is 0.463 bits per heavy atom. The molecule has 2 N–H and O–H groups in total. The molecule has 0 saturated carbocycles. The lowest BCUT2D eigenvalue weighted by Gasteiger charge is -2.31. The van der Waals surface area contributed by atoms with Crippen LogP contribution in [0, 0.1) is 5.41 Å². The third-order valence-electron chi connectivity index (χ3n) is 18.3. The standard InChI is InChI=1S/C90H161NO30/c1-2-3-4-5-6-8-11-14-23-31-90(89(95)121-84-86-28-21-18-22-29-86,32-24-15-12-9-7-10-13-16-25-34-120-83-85-26-19-17-20-27-85)88(94)91-33-36-97-38-40-99-42-44-101-46-48-103-50-52-105-54-56-107-58-60-109-62-64-111-66-68-113-70-72-115-74-76-117-78-80-119-82-81-118-79-77-116-75-73-114-71-69-112-67-65-110-63-61-108-59-57-106-55-53-104-51-49-102-47-45-100-43-41-98-39-37-96-35-30-87(92)93/h17-22,26-29H,2-16,23-25,30-84H2,1H3,(H,91,94)(H,92,93). The average molecular weight is 1740 g/mol. The van der Waals surface area contributed by atoms with Crippen LogP contribution in [-0.4, -0.2) is 353 Å². The van der Waals surface area contributed by atoms with Crippen molar-refractivity contribution in [1.82, 2.24) is 5.32 Å². The van der Waals surface area contributed by atoms with Gasteiger partial charge in [-0.25, -0.2) is 0 Å². The Bertz CT molecular complexity index is 2410. The van der Waals surface area contributed by atoms with Gasteiger partial charge < -0.3 is 134 Å². The number of carbonyl (C=O) groups is 3. The van der Waals surface area contributed by atoms with Gasteiger partial charge in [0.05, 0.1) is 330 Å². The molecule has 121 heavy (non-hydrogen) atoms. The van der Waals surface area contributed by atoms with Gasteiger partial charge in [-0.15, -0.1) is 0 Å². The van der Waals surface area contributed by atoms with E-state index in [2.05, 4.69) is 24.4 Å². The van der Waals surface area contributed by atoms with Crippen molar-refractivity contribution in [2.24, 2.45) is 5.41 Å². The molecule has 0 spiro atoms. The molecule has 0 saturated heterocycles. The van der Waals surface area contributed by atoms with E-state index in [0.717, 1.165) is 63.5 Å². The van der Waals surface area contributed by atoms with Crippen LogP contribution in [-0.2, 0) is 151 Å². The first-order valence-corrected chi connectivity index (χ1v) is 45.2. The van der Waals surface area contributed by atoms with Gasteiger partial charge in [0.15, 0.2) is 0 Å². The molecule has 0 aromatic heterocycles. The van der Waals surface area contributed by atoms with Gasteiger partial charge in [-0.2, -0.15) is 0 Å². The van der Waals surface area contributed by atoms with Crippen LogP contribution in [0.25, 0.3) is 0 Å². The summed E-state index contributed by atoms with van der Waals surface area (Å²) in [4.78, 5) is 39.1. The molecule has 2 rings (SSSR count). The van der Waals surface area contributed by atoms with Gasteiger partial charge in [-0.1, -0.05) is 177 Å². The second-order valence-electron chi connectivity index (χ2n) is 28.3. The number of benzene rings is 2. The maximum Gasteiger partial charge on any atom is 0.321 e. The third kappa shape index (κ3) is 81.4. The Balaban J connectivity index is 1.28. The molecule has 0 bridgehead atoms. The molecule has 2 aromatic carbocycles. The average Bonchev–Trinajstić information content (AvgIpc) is 0.807. The lowest BCUT2D eigenvalue weighted by molar-refractivity contribution is -0.164. The predicted molar refractivity (Wildman–Crippen MR) is 458 cm³/mol. The number of carboxylic acids is 1. The van der Waals surface area contributed by atoms with Gasteiger partial charge in [0.25, 0.3) is 0 Å². The first-order chi connectivity index (χ1) is 60.0. The lowest BCUT2D eigenvalue weighted by atomic mass is 9.76. The molecular formula is C90H161NO30. The number of nitrogens with one attached hydrogen (secondary N) is 1. The summed E-state index contributed by atoms with van der Waals surface area (Å²) in [6.45, 7) is 25.6. The highest BCUT2D eigenvalue weighted by Crippen LogP contribution is 2.35. The van der Waals surface area contributed by atoms with Crippen LogP contribution in [0.1, 0.15) is 153 Å². The molecule has 2 aromatic rings. The minimum absolute atomic E-state index is 0.0126. The number of carbonyl (C=O) groups excluding carboxylic acids is 2. The molecule has 31 nitrogen and oxygen atoms in total. The number of aliphatic carboxylic acids is 1. The van der Waals surface area contributed by atoms with Crippen molar-refractivity contribution in [2.45, 2.75) is 155 Å². The van der Waals surface area contributed by atoms with Crippen LogP contribution in [0.4, 0.5) is 0 Å². The van der Waals surface area contributed by atoms with Crippen molar-refractivity contribution in [3.05, 3.63) is 71.8 Å². The zero-order chi connectivity index (χ0) is 86.2. The molecule has 0 aliphatic rings. The largest absolute Gasteiger partial charge is 0.481 e. The molecule has 706 valence electrons. The Hall–Kier alpha value is -4.15. The molecular weight excluding hydrogens is 1570 g/mol. The number of esters is 1. The molecule has 1 amide bonds. The molecule has 0 radical (unpaired) electrons. The van der Waals surface area contributed by atoms with Crippen LogP contribution < -0.4 is 5.32 Å². The van der Waals surface area contributed by atoms with Gasteiger partial charge in [-0.05, 0) is 30.4 Å². The van der Waals surface area contributed by atoms with Crippen molar-refractivity contribution in [3.63, 3.8) is 0 Å². The van der Waals surface area contributed by atoms with Gasteiger partial charge in [0.1, 0.15) is 12.0 Å². The van der Waals surface area contributed by atoms with Crippen LogP contribution in [0.3, 0.4) is 0 Å². The quantitative estimate of drug-likeness (QED) is 0.0353. The summed E-state index contributed by atoms with van der Waals surface area (Å²) in [5.41, 5.74) is 0.850. The topological polar surface area (TPSA) is 323 Å². The number of ether oxygens (including phenoxy) is 26. The minimum Gasteiger partial charge on any atom is -0.481 e. The predicted octanol–water partition coefficient (Wildman–Crippen LogP) is 10.7. The smallest absolute Gasteiger partial charge is 0.321 e. The molecule has 1 unspecified atom stereocenters.